The number of nitrogens with two attached hydrogens (primary N) is 1. The van der Waals surface area contributed by atoms with Crippen LogP contribution in [-0.2, 0) is 16.0 Å². The van der Waals surface area contributed by atoms with Crippen LogP contribution in [0.3, 0.4) is 0 Å². The fourth-order valence-electron chi connectivity index (χ4n) is 4.57. The number of para-hydroxylation sites is 2. The van der Waals surface area contributed by atoms with Gasteiger partial charge in [-0.1, -0.05) is 55.5 Å². The summed E-state index contributed by atoms with van der Waals surface area (Å²) >= 11 is 0. The van der Waals surface area contributed by atoms with Gasteiger partial charge in [0.15, 0.2) is 0 Å². The van der Waals surface area contributed by atoms with Crippen LogP contribution in [-0.4, -0.2) is 30.5 Å². The van der Waals surface area contributed by atoms with E-state index < -0.39 is 23.5 Å². The summed E-state index contributed by atoms with van der Waals surface area (Å²) in [4.78, 5) is 37.9. The van der Waals surface area contributed by atoms with E-state index in [1.165, 1.54) is 7.05 Å². The molecule has 3 amide bonds. The van der Waals surface area contributed by atoms with E-state index in [9.17, 15) is 14.4 Å². The van der Waals surface area contributed by atoms with Gasteiger partial charge in [-0.15, -0.1) is 0 Å². The molecule has 37 heavy (non-hydrogen) atoms. The summed E-state index contributed by atoms with van der Waals surface area (Å²) in [6.07, 6.45) is 0.781. The Bertz CT molecular complexity index is 1300. The largest absolute Gasteiger partial charge is 0.412 e. The third-order valence-electron chi connectivity index (χ3n) is 7.12. The summed E-state index contributed by atoms with van der Waals surface area (Å²) in [5.74, 6) is -0.887. The van der Waals surface area contributed by atoms with Gasteiger partial charge in [0.1, 0.15) is 5.75 Å². The summed E-state index contributed by atoms with van der Waals surface area (Å²) in [5, 5.41) is 8.32. The van der Waals surface area contributed by atoms with Crippen LogP contribution in [0.15, 0.2) is 72.8 Å². The van der Waals surface area contributed by atoms with E-state index in [1.54, 1.807) is 31.2 Å². The highest BCUT2D eigenvalue weighted by Gasteiger charge is 2.42. The van der Waals surface area contributed by atoms with Crippen molar-refractivity contribution in [2.45, 2.75) is 32.2 Å². The highest BCUT2D eigenvalue weighted by atomic mass is 16.6. The Morgan fingerprint density at radius 2 is 1.73 bits per heavy atom. The third kappa shape index (κ3) is 5.65. The van der Waals surface area contributed by atoms with Gasteiger partial charge in [-0.3, -0.25) is 9.59 Å². The van der Waals surface area contributed by atoms with Gasteiger partial charge >= 0.3 is 6.09 Å². The molecule has 0 aliphatic carbocycles. The van der Waals surface area contributed by atoms with E-state index in [0.717, 1.165) is 28.8 Å². The van der Waals surface area contributed by atoms with E-state index >= 15 is 0 Å². The Kier molecular flexibility index (Phi) is 7.59. The zero-order valence-electron chi connectivity index (χ0n) is 21.2. The standard InChI is InChI=1S/C29H32N4O4/c1-18(22-17-14-20-8-4-6-10-24(20)33-26(22)34)29(2,30)27(35)32-21-15-12-19(13-16-21)23-9-5-7-11-25(23)37-28(36)31-3/h4-13,15-16,18,22H,14,17,30H2,1-3H3,(H,31,36)(H,32,35)(H,33,34)/t18-,22?,29?/m1/s1. The number of carbonyl (C=O) groups excluding carboxylic acids is 3. The lowest BCUT2D eigenvalue weighted by molar-refractivity contribution is -0.126. The number of carbonyl (C=O) groups is 3. The van der Waals surface area contributed by atoms with E-state index in [1.807, 2.05) is 55.5 Å². The van der Waals surface area contributed by atoms with E-state index in [-0.39, 0.29) is 11.8 Å². The minimum atomic E-state index is -1.29. The van der Waals surface area contributed by atoms with Crippen molar-refractivity contribution in [1.29, 1.82) is 0 Å². The second-order valence-corrected chi connectivity index (χ2v) is 9.53. The van der Waals surface area contributed by atoms with Crippen LogP contribution in [0.5, 0.6) is 5.75 Å². The number of nitrogens with one attached hydrogen (secondary N) is 3. The van der Waals surface area contributed by atoms with Gasteiger partial charge in [0, 0.05) is 29.9 Å². The van der Waals surface area contributed by atoms with Gasteiger partial charge in [0.05, 0.1) is 5.54 Å². The number of rotatable bonds is 6. The smallest absolute Gasteiger partial charge is 0.410 e. The molecule has 0 saturated heterocycles. The lowest BCUT2D eigenvalue weighted by Crippen LogP contribution is -2.56. The topological polar surface area (TPSA) is 123 Å². The first kappa shape index (κ1) is 25.9. The number of amides is 3. The zero-order valence-corrected chi connectivity index (χ0v) is 21.2. The second kappa shape index (κ2) is 10.8. The predicted octanol–water partition coefficient (Wildman–Crippen LogP) is 4.56. The Morgan fingerprint density at radius 1 is 1.05 bits per heavy atom. The van der Waals surface area contributed by atoms with Gasteiger partial charge < -0.3 is 26.4 Å². The van der Waals surface area contributed by atoms with Crippen molar-refractivity contribution in [3.05, 3.63) is 78.4 Å². The van der Waals surface area contributed by atoms with Crippen molar-refractivity contribution in [2.24, 2.45) is 17.6 Å². The molecule has 3 atom stereocenters. The van der Waals surface area contributed by atoms with Gasteiger partial charge in [-0.2, -0.15) is 0 Å². The summed E-state index contributed by atoms with van der Waals surface area (Å²) in [6.45, 7) is 3.52. The Hall–Kier alpha value is -4.17. The highest BCUT2D eigenvalue weighted by molar-refractivity contribution is 6.00. The number of ether oxygens (including phenoxy) is 1. The molecule has 0 spiro atoms. The lowest BCUT2D eigenvalue weighted by Gasteiger charge is -2.34. The van der Waals surface area contributed by atoms with Crippen LogP contribution < -0.4 is 26.4 Å². The maximum Gasteiger partial charge on any atom is 0.412 e. The first-order chi connectivity index (χ1) is 17.7. The number of benzene rings is 3. The molecule has 3 aromatic carbocycles. The van der Waals surface area contributed by atoms with Gasteiger partial charge in [-0.25, -0.2) is 4.79 Å². The molecule has 1 heterocycles. The van der Waals surface area contributed by atoms with Crippen molar-refractivity contribution in [2.75, 3.05) is 17.7 Å². The Balaban J connectivity index is 1.46. The SMILES string of the molecule is CNC(=O)Oc1ccccc1-c1ccc(NC(=O)C(C)(N)[C@H](C)C2CCc3ccccc3NC2=O)cc1. The van der Waals surface area contributed by atoms with E-state index in [4.69, 9.17) is 10.5 Å². The van der Waals surface area contributed by atoms with E-state index in [0.29, 0.717) is 17.9 Å². The normalized spacial score (nSPS) is 17.3. The van der Waals surface area contributed by atoms with Gasteiger partial charge in [0.25, 0.3) is 0 Å². The van der Waals surface area contributed by atoms with Crippen LogP contribution >= 0.6 is 0 Å². The number of hydrogen-bond acceptors (Lipinski definition) is 5. The zero-order chi connectivity index (χ0) is 26.6. The number of aryl methyl sites for hydroxylation is 1. The molecule has 2 unspecified atom stereocenters. The molecule has 0 aromatic heterocycles. The summed E-state index contributed by atoms with van der Waals surface area (Å²) in [5.41, 5.74) is 9.28. The number of hydrogen-bond donors (Lipinski definition) is 4. The minimum absolute atomic E-state index is 0.121. The second-order valence-electron chi connectivity index (χ2n) is 9.53. The van der Waals surface area contributed by atoms with Gasteiger partial charge in [-0.05, 0) is 61.1 Å². The average molecular weight is 501 g/mol. The van der Waals surface area contributed by atoms with E-state index in [2.05, 4.69) is 16.0 Å². The molecular weight excluding hydrogens is 468 g/mol. The van der Waals surface area contributed by atoms with Crippen molar-refractivity contribution in [1.82, 2.24) is 5.32 Å². The Labute approximate surface area is 216 Å². The molecule has 4 rings (SSSR count). The first-order valence-electron chi connectivity index (χ1n) is 12.3. The van der Waals surface area contributed by atoms with Crippen molar-refractivity contribution >= 4 is 29.3 Å². The maximum atomic E-state index is 13.3. The molecule has 0 saturated carbocycles. The Morgan fingerprint density at radius 3 is 2.46 bits per heavy atom. The molecule has 1 aliphatic rings. The monoisotopic (exact) mass is 500 g/mol. The first-order valence-corrected chi connectivity index (χ1v) is 12.3. The molecular formula is C29H32N4O4. The number of fused-ring (bicyclic) bond motifs is 1. The van der Waals surface area contributed by atoms with Crippen LogP contribution in [0.1, 0.15) is 25.8 Å². The summed E-state index contributed by atoms with van der Waals surface area (Å²) < 4.78 is 5.34. The molecule has 8 nitrogen and oxygen atoms in total. The van der Waals surface area contributed by atoms with Crippen molar-refractivity contribution < 1.29 is 19.1 Å². The van der Waals surface area contributed by atoms with Crippen LogP contribution in [0.25, 0.3) is 11.1 Å². The van der Waals surface area contributed by atoms with Crippen LogP contribution in [0.4, 0.5) is 16.2 Å². The molecule has 1 aliphatic heterocycles. The minimum Gasteiger partial charge on any atom is -0.410 e. The third-order valence-corrected chi connectivity index (χ3v) is 7.12. The molecule has 5 N–H and O–H groups in total. The lowest BCUT2D eigenvalue weighted by atomic mass is 9.75. The number of anilines is 2. The molecule has 0 fully saturated rings. The van der Waals surface area contributed by atoms with Crippen LogP contribution in [0, 0.1) is 11.8 Å². The molecule has 192 valence electrons. The van der Waals surface area contributed by atoms with Crippen molar-refractivity contribution in [3.63, 3.8) is 0 Å². The fraction of sp³-hybridized carbons (Fsp3) is 0.276. The van der Waals surface area contributed by atoms with Gasteiger partial charge in [0.2, 0.25) is 11.8 Å². The maximum absolute atomic E-state index is 13.3. The van der Waals surface area contributed by atoms with Crippen molar-refractivity contribution in [3.8, 4) is 16.9 Å². The predicted molar refractivity (Wildman–Crippen MR) is 144 cm³/mol. The summed E-state index contributed by atoms with van der Waals surface area (Å²) in [7, 11) is 1.50. The molecule has 3 aromatic rings. The summed E-state index contributed by atoms with van der Waals surface area (Å²) in [6, 6.07) is 22.1. The quantitative estimate of drug-likeness (QED) is 0.395. The molecule has 8 heteroatoms. The molecule has 0 bridgehead atoms. The molecule has 0 radical (unpaired) electrons. The fourth-order valence-corrected chi connectivity index (χ4v) is 4.57. The van der Waals surface area contributed by atoms with Crippen LogP contribution in [0.2, 0.25) is 0 Å². The average Bonchev–Trinajstić information content (AvgIpc) is 3.07. The highest BCUT2D eigenvalue weighted by Crippen LogP contribution is 2.34.